The first kappa shape index (κ1) is 14.6. The molecule has 0 aliphatic heterocycles. The number of aryl methyl sites for hydroxylation is 1. The molecule has 2 aromatic rings. The maximum Gasteiger partial charge on any atom is 0.165 e. The van der Waals surface area contributed by atoms with Gasteiger partial charge in [0.15, 0.2) is 11.5 Å². The second-order valence-electron chi connectivity index (χ2n) is 3.88. The number of methoxy groups -OCH3 is 1. The molecule has 0 saturated heterocycles. The van der Waals surface area contributed by atoms with Crippen LogP contribution in [0.1, 0.15) is 16.3 Å². The summed E-state index contributed by atoms with van der Waals surface area (Å²) >= 11 is 11.1. The largest absolute Gasteiger partial charge is 0.493 e. The molecular weight excluding hydrogens is 350 g/mol. The minimum absolute atomic E-state index is 0.419. The molecule has 0 bridgehead atoms. The van der Waals surface area contributed by atoms with Crippen molar-refractivity contribution in [3.8, 4) is 11.5 Å². The smallest absolute Gasteiger partial charge is 0.165 e. The first-order chi connectivity index (χ1) is 9.13. The summed E-state index contributed by atoms with van der Waals surface area (Å²) in [5.74, 6) is 1.34. The van der Waals surface area contributed by atoms with Gasteiger partial charge in [0.1, 0.15) is 6.61 Å². The molecule has 0 aliphatic rings. The fourth-order valence-corrected chi connectivity index (χ4v) is 2.90. The van der Waals surface area contributed by atoms with Crippen LogP contribution in [-0.2, 0) is 11.9 Å². The number of aromatic nitrogens is 1. The van der Waals surface area contributed by atoms with Crippen LogP contribution in [0, 0.1) is 6.92 Å². The number of nitrogens with zero attached hydrogens (tertiary/aromatic N) is 1. The van der Waals surface area contributed by atoms with Crippen LogP contribution < -0.4 is 9.47 Å². The molecule has 1 aromatic carbocycles. The first-order valence-corrected chi connectivity index (χ1v) is 7.98. The Bertz CT molecular complexity index is 549. The van der Waals surface area contributed by atoms with Crippen molar-refractivity contribution in [2.75, 3.05) is 7.11 Å². The lowest BCUT2D eigenvalue weighted by molar-refractivity contribution is 0.279. The van der Waals surface area contributed by atoms with Gasteiger partial charge >= 0.3 is 0 Å². The van der Waals surface area contributed by atoms with E-state index in [0.717, 1.165) is 16.3 Å². The molecule has 102 valence electrons. The van der Waals surface area contributed by atoms with Gasteiger partial charge in [-0.15, -0.1) is 11.3 Å². The van der Waals surface area contributed by atoms with Gasteiger partial charge < -0.3 is 9.47 Å². The van der Waals surface area contributed by atoms with Crippen LogP contribution in [0.3, 0.4) is 0 Å². The average molecular weight is 363 g/mol. The predicted octanol–water partition coefficient (Wildman–Crippen LogP) is 4.59. The van der Waals surface area contributed by atoms with Crippen molar-refractivity contribution in [2.45, 2.75) is 18.9 Å². The van der Waals surface area contributed by atoms with Crippen LogP contribution in [0.4, 0.5) is 0 Å². The molecule has 0 atom stereocenters. The van der Waals surface area contributed by atoms with E-state index in [4.69, 9.17) is 21.1 Å². The fraction of sp³-hybridized carbons (Fsp3) is 0.308. The Labute approximate surface area is 129 Å². The Morgan fingerprint density at radius 2 is 2.21 bits per heavy atom. The van der Waals surface area contributed by atoms with Gasteiger partial charge in [0.2, 0.25) is 0 Å². The lowest BCUT2D eigenvalue weighted by Gasteiger charge is -2.14. The highest BCUT2D eigenvalue weighted by Gasteiger charge is 2.13. The topological polar surface area (TPSA) is 31.4 Å². The van der Waals surface area contributed by atoms with E-state index >= 15 is 0 Å². The number of hydrogen-bond donors (Lipinski definition) is 0. The molecular formula is C13H13BrClNO2S. The van der Waals surface area contributed by atoms with Crippen LogP contribution >= 0.6 is 38.9 Å². The Morgan fingerprint density at radius 3 is 2.79 bits per heavy atom. The zero-order valence-corrected chi connectivity index (χ0v) is 13.7. The fourth-order valence-electron chi connectivity index (χ4n) is 1.66. The van der Waals surface area contributed by atoms with Crippen molar-refractivity contribution in [3.63, 3.8) is 0 Å². The summed E-state index contributed by atoms with van der Waals surface area (Å²) in [6, 6.07) is 3.61. The molecule has 1 heterocycles. The summed E-state index contributed by atoms with van der Waals surface area (Å²) in [5, 5.41) is 4.30. The third-order valence-corrected chi connectivity index (χ3v) is 4.14. The Morgan fingerprint density at radius 1 is 1.42 bits per heavy atom. The molecule has 0 N–H and O–H groups in total. The summed E-state index contributed by atoms with van der Waals surface area (Å²) in [7, 11) is 1.60. The highest BCUT2D eigenvalue weighted by Crippen LogP contribution is 2.36. The number of thiazole rings is 1. The van der Waals surface area contributed by atoms with Crippen molar-refractivity contribution in [1.29, 1.82) is 0 Å². The van der Waals surface area contributed by atoms with Gasteiger partial charge in [0.05, 0.1) is 17.8 Å². The van der Waals surface area contributed by atoms with Crippen LogP contribution in [-0.4, -0.2) is 12.1 Å². The molecule has 0 aliphatic carbocycles. The van der Waals surface area contributed by atoms with Gasteiger partial charge in [-0.1, -0.05) is 27.5 Å². The molecule has 3 nitrogen and oxygen atoms in total. The van der Waals surface area contributed by atoms with E-state index in [1.807, 2.05) is 18.4 Å². The van der Waals surface area contributed by atoms with E-state index < -0.39 is 0 Å². The maximum absolute atomic E-state index is 6.03. The molecule has 1 aromatic heterocycles. The third-order valence-electron chi connectivity index (χ3n) is 2.49. The van der Waals surface area contributed by atoms with E-state index in [-0.39, 0.29) is 0 Å². The summed E-state index contributed by atoms with van der Waals surface area (Å²) in [6.45, 7) is 2.39. The van der Waals surface area contributed by atoms with Crippen molar-refractivity contribution in [3.05, 3.63) is 38.8 Å². The quantitative estimate of drug-likeness (QED) is 0.729. The SMILES string of the molecule is COc1cc(Cl)cc(CBr)c1OCc1csc(C)n1. The normalized spacial score (nSPS) is 10.5. The number of rotatable bonds is 5. The molecule has 0 saturated carbocycles. The Hall–Kier alpha value is -0.780. The summed E-state index contributed by atoms with van der Waals surface area (Å²) in [6.07, 6.45) is 0. The number of benzene rings is 1. The minimum Gasteiger partial charge on any atom is -0.493 e. The number of alkyl halides is 1. The van der Waals surface area contributed by atoms with Gasteiger partial charge in [-0.2, -0.15) is 0 Å². The number of halogens is 2. The van der Waals surface area contributed by atoms with Crippen LogP contribution in [0.5, 0.6) is 11.5 Å². The van der Waals surface area contributed by atoms with E-state index in [0.29, 0.717) is 28.5 Å². The second kappa shape index (κ2) is 6.59. The monoisotopic (exact) mass is 361 g/mol. The van der Waals surface area contributed by atoms with Gasteiger partial charge in [0.25, 0.3) is 0 Å². The Kier molecular flexibility index (Phi) is 5.07. The van der Waals surface area contributed by atoms with E-state index in [1.165, 1.54) is 0 Å². The zero-order chi connectivity index (χ0) is 13.8. The number of hydrogen-bond acceptors (Lipinski definition) is 4. The average Bonchev–Trinajstić information content (AvgIpc) is 2.81. The van der Waals surface area contributed by atoms with Gasteiger partial charge in [0, 0.05) is 27.4 Å². The molecule has 0 spiro atoms. The summed E-state index contributed by atoms with van der Waals surface area (Å²) < 4.78 is 11.1. The molecule has 0 radical (unpaired) electrons. The van der Waals surface area contributed by atoms with E-state index in [1.54, 1.807) is 24.5 Å². The van der Waals surface area contributed by atoms with Crippen molar-refractivity contribution >= 4 is 38.9 Å². The standard InChI is InChI=1S/C13H13BrClNO2S/c1-8-16-11(7-19-8)6-18-13-9(5-14)3-10(15)4-12(13)17-2/h3-4,7H,5-6H2,1-2H3. The lowest BCUT2D eigenvalue weighted by Crippen LogP contribution is -2.01. The number of ether oxygens (including phenoxy) is 2. The molecule has 0 amide bonds. The maximum atomic E-state index is 6.03. The molecule has 0 unspecified atom stereocenters. The zero-order valence-electron chi connectivity index (χ0n) is 10.6. The van der Waals surface area contributed by atoms with Crippen molar-refractivity contribution < 1.29 is 9.47 Å². The van der Waals surface area contributed by atoms with E-state index in [9.17, 15) is 0 Å². The first-order valence-electron chi connectivity index (χ1n) is 5.60. The summed E-state index contributed by atoms with van der Waals surface area (Å²) in [4.78, 5) is 4.37. The predicted molar refractivity (Wildman–Crippen MR) is 81.8 cm³/mol. The summed E-state index contributed by atoms with van der Waals surface area (Å²) in [5.41, 5.74) is 1.87. The van der Waals surface area contributed by atoms with Gasteiger partial charge in [-0.05, 0) is 13.0 Å². The highest BCUT2D eigenvalue weighted by molar-refractivity contribution is 9.08. The van der Waals surface area contributed by atoms with Gasteiger partial charge in [-0.3, -0.25) is 0 Å². The van der Waals surface area contributed by atoms with Crippen molar-refractivity contribution in [1.82, 2.24) is 4.98 Å². The molecule has 19 heavy (non-hydrogen) atoms. The lowest BCUT2D eigenvalue weighted by atomic mass is 10.2. The third kappa shape index (κ3) is 3.61. The van der Waals surface area contributed by atoms with Gasteiger partial charge in [-0.25, -0.2) is 4.98 Å². The molecule has 2 rings (SSSR count). The van der Waals surface area contributed by atoms with Crippen LogP contribution in [0.25, 0.3) is 0 Å². The van der Waals surface area contributed by atoms with Crippen LogP contribution in [0.2, 0.25) is 5.02 Å². The highest BCUT2D eigenvalue weighted by atomic mass is 79.9. The molecule has 6 heteroatoms. The minimum atomic E-state index is 0.419. The van der Waals surface area contributed by atoms with Crippen LogP contribution in [0.15, 0.2) is 17.5 Å². The van der Waals surface area contributed by atoms with E-state index in [2.05, 4.69) is 20.9 Å². The second-order valence-corrected chi connectivity index (χ2v) is 5.94. The Balaban J connectivity index is 2.23. The van der Waals surface area contributed by atoms with Crippen molar-refractivity contribution in [2.24, 2.45) is 0 Å². The molecule has 0 fully saturated rings.